The molecule has 0 spiro atoms. The molecular weight excluding hydrogens is 381 g/mol. The Morgan fingerprint density at radius 3 is 2.16 bits per heavy atom. The molecule has 1 aromatic carbocycles. The summed E-state index contributed by atoms with van der Waals surface area (Å²) < 4.78 is 28.2. The minimum absolute atomic E-state index is 0.134. The Balaban J connectivity index is 3.26. The van der Waals surface area contributed by atoms with Gasteiger partial charge in [-0.25, -0.2) is 9.63 Å². The summed E-state index contributed by atoms with van der Waals surface area (Å²) in [5.74, 6) is -0.454. The molecule has 0 atom stereocenters. The third-order valence-electron chi connectivity index (χ3n) is 3.32. The molecule has 0 bridgehead atoms. The lowest BCUT2D eigenvalue weighted by Gasteiger charge is -2.27. The number of amides is 1. The summed E-state index contributed by atoms with van der Waals surface area (Å²) in [6, 6.07) is 5.40. The minimum Gasteiger partial charge on any atom is -0.286 e. The highest BCUT2D eigenvalue weighted by atomic mass is 35.5. The molecule has 25 heavy (non-hydrogen) atoms. The van der Waals surface area contributed by atoms with E-state index in [-0.39, 0.29) is 19.8 Å². The van der Waals surface area contributed by atoms with Gasteiger partial charge in [0.15, 0.2) is 0 Å². The largest absolute Gasteiger partial charge is 0.496 e. The van der Waals surface area contributed by atoms with Gasteiger partial charge in [-0.15, -0.1) is 0 Å². The van der Waals surface area contributed by atoms with Crippen molar-refractivity contribution < 1.29 is 23.0 Å². The fourth-order valence-corrected chi connectivity index (χ4v) is 5.41. The van der Waals surface area contributed by atoms with Crippen LogP contribution in [0.5, 0.6) is 0 Å². The quantitative estimate of drug-likeness (QED) is 0.343. The topological polar surface area (TPSA) is 65.1 Å². The highest BCUT2D eigenvalue weighted by molar-refractivity contribution is 7.48. The number of nitrogens with zero attached hydrogens (tertiary/aromatic N) is 1. The van der Waals surface area contributed by atoms with E-state index in [1.54, 1.807) is 26.8 Å². The van der Waals surface area contributed by atoms with Gasteiger partial charge in [0.1, 0.15) is 0 Å². The van der Waals surface area contributed by atoms with Gasteiger partial charge in [0.2, 0.25) is 0 Å². The van der Waals surface area contributed by atoms with E-state index in [0.717, 1.165) is 10.2 Å². The third-order valence-corrected chi connectivity index (χ3v) is 7.22. The molecule has 0 fully saturated rings. The van der Waals surface area contributed by atoms with Crippen LogP contribution < -0.4 is 5.19 Å². The molecule has 0 radical (unpaired) electrons. The Labute approximate surface area is 156 Å². The van der Waals surface area contributed by atoms with Crippen LogP contribution in [0.15, 0.2) is 18.2 Å². The summed E-state index contributed by atoms with van der Waals surface area (Å²) in [5, 5.41) is 2.25. The highest BCUT2D eigenvalue weighted by Crippen LogP contribution is 2.50. The zero-order valence-electron chi connectivity index (χ0n) is 15.7. The molecule has 142 valence electrons. The van der Waals surface area contributed by atoms with Crippen molar-refractivity contribution in [2.24, 2.45) is 0 Å². The summed E-state index contributed by atoms with van der Waals surface area (Å²) in [4.78, 5) is 13.1. The van der Waals surface area contributed by atoms with Gasteiger partial charge in [-0.2, -0.15) is 4.62 Å². The zero-order valence-corrected chi connectivity index (χ0v) is 18.3. The summed E-state index contributed by atoms with van der Waals surface area (Å²) in [6.45, 7) is 11.9. The van der Waals surface area contributed by atoms with Crippen molar-refractivity contribution in [3.8, 4) is 0 Å². The molecule has 0 aliphatic rings. The molecule has 0 heterocycles. The minimum atomic E-state index is -3.86. The number of halogens is 1. The monoisotopic (exact) mass is 407 g/mol. The first-order valence-electron chi connectivity index (χ1n) is 8.29. The number of phosphoric acid groups is 1. The van der Waals surface area contributed by atoms with Gasteiger partial charge in [-0.05, 0) is 32.0 Å². The van der Waals surface area contributed by atoms with E-state index >= 15 is 0 Å². The first-order chi connectivity index (χ1) is 11.6. The van der Waals surface area contributed by atoms with Crippen molar-refractivity contribution in [3.63, 3.8) is 0 Å². The Hall–Kier alpha value is -0.693. The number of benzene rings is 1. The number of carbonyl (C=O) groups excluding carboxylic acids is 1. The van der Waals surface area contributed by atoms with Crippen LogP contribution in [0.3, 0.4) is 0 Å². The normalized spacial score (nSPS) is 12.3. The molecule has 0 N–H and O–H groups in total. The molecule has 0 unspecified atom stereocenters. The van der Waals surface area contributed by atoms with E-state index in [0.29, 0.717) is 10.6 Å². The van der Waals surface area contributed by atoms with Crippen LogP contribution >= 0.6 is 19.4 Å². The van der Waals surface area contributed by atoms with Crippen LogP contribution in [0.25, 0.3) is 0 Å². The predicted molar refractivity (Wildman–Crippen MR) is 103 cm³/mol. The van der Waals surface area contributed by atoms with Gasteiger partial charge in [0.25, 0.3) is 5.91 Å². The van der Waals surface area contributed by atoms with Gasteiger partial charge in [-0.1, -0.05) is 43.4 Å². The van der Waals surface area contributed by atoms with E-state index in [1.165, 1.54) is 0 Å². The van der Waals surface area contributed by atoms with Gasteiger partial charge >= 0.3 is 7.82 Å². The fraction of sp³-hybridized carbons (Fsp3) is 0.562. The summed E-state index contributed by atoms with van der Waals surface area (Å²) in [5.41, 5.74) is 0.379. The van der Waals surface area contributed by atoms with Crippen molar-refractivity contribution in [2.75, 3.05) is 19.8 Å². The SMILES string of the molecule is CCOP(=O)(OCC)ON(CC)C(=O)c1c(Cl)cccc1[Si](C)(C)C. The molecular formula is C16H27ClNO5PSi. The standard InChI is InChI=1S/C16H27ClNO5PSi/c1-7-18(23-24(20,21-8-2)22-9-3)16(19)15-13(17)11-10-12-14(15)25(4,5)6/h10-12H,7-9H2,1-6H3. The van der Waals surface area contributed by atoms with E-state index in [4.69, 9.17) is 25.3 Å². The maximum absolute atomic E-state index is 13.1. The lowest BCUT2D eigenvalue weighted by molar-refractivity contribution is -0.0606. The first-order valence-corrected chi connectivity index (χ1v) is 13.6. The van der Waals surface area contributed by atoms with Crippen LogP contribution in [-0.2, 0) is 18.2 Å². The maximum atomic E-state index is 13.1. The predicted octanol–water partition coefficient (Wildman–Crippen LogP) is 4.46. The molecule has 6 nitrogen and oxygen atoms in total. The molecule has 0 aliphatic heterocycles. The lowest BCUT2D eigenvalue weighted by atomic mass is 10.2. The molecule has 0 aliphatic carbocycles. The molecule has 0 aromatic heterocycles. The van der Waals surface area contributed by atoms with Crippen LogP contribution in [0.2, 0.25) is 24.7 Å². The Morgan fingerprint density at radius 1 is 1.16 bits per heavy atom. The fourth-order valence-electron chi connectivity index (χ4n) is 2.25. The van der Waals surface area contributed by atoms with Gasteiger partial charge < -0.3 is 0 Å². The summed E-state index contributed by atoms with van der Waals surface area (Å²) in [6.07, 6.45) is 0. The summed E-state index contributed by atoms with van der Waals surface area (Å²) >= 11 is 6.31. The maximum Gasteiger partial charge on any atom is 0.496 e. The molecule has 0 saturated carbocycles. The van der Waals surface area contributed by atoms with E-state index in [1.807, 2.05) is 12.1 Å². The Morgan fingerprint density at radius 2 is 1.72 bits per heavy atom. The van der Waals surface area contributed by atoms with Crippen molar-refractivity contribution in [2.45, 2.75) is 40.4 Å². The smallest absolute Gasteiger partial charge is 0.286 e. The average Bonchev–Trinajstić information content (AvgIpc) is 2.51. The number of hydrogen-bond acceptors (Lipinski definition) is 5. The lowest BCUT2D eigenvalue weighted by Crippen LogP contribution is -2.44. The van der Waals surface area contributed by atoms with Crippen LogP contribution in [0.4, 0.5) is 0 Å². The number of carbonyl (C=O) groups is 1. The number of hydrogen-bond donors (Lipinski definition) is 0. The van der Waals surface area contributed by atoms with Crippen molar-refractivity contribution in [1.29, 1.82) is 0 Å². The number of hydroxylamine groups is 2. The second kappa shape index (κ2) is 9.30. The molecule has 0 saturated heterocycles. The van der Waals surface area contributed by atoms with Crippen LogP contribution in [0, 0.1) is 0 Å². The second-order valence-corrected chi connectivity index (χ2v) is 13.3. The third kappa shape index (κ3) is 5.91. The summed E-state index contributed by atoms with van der Waals surface area (Å²) in [7, 11) is -5.70. The van der Waals surface area contributed by atoms with E-state index < -0.39 is 21.8 Å². The molecule has 1 amide bonds. The number of phosphoric ester groups is 1. The molecule has 1 aromatic rings. The van der Waals surface area contributed by atoms with Crippen molar-refractivity contribution >= 4 is 38.6 Å². The number of rotatable bonds is 9. The van der Waals surface area contributed by atoms with Crippen molar-refractivity contribution in [1.82, 2.24) is 5.06 Å². The van der Waals surface area contributed by atoms with E-state index in [9.17, 15) is 9.36 Å². The Bertz CT molecular complexity index is 640. The highest BCUT2D eigenvalue weighted by Gasteiger charge is 2.34. The van der Waals surface area contributed by atoms with Crippen LogP contribution in [-0.4, -0.2) is 38.8 Å². The van der Waals surface area contributed by atoms with Gasteiger partial charge in [0, 0.05) is 6.54 Å². The second-order valence-electron chi connectivity index (χ2n) is 6.28. The first kappa shape index (κ1) is 22.3. The zero-order chi connectivity index (χ0) is 19.3. The van der Waals surface area contributed by atoms with E-state index in [2.05, 4.69) is 19.6 Å². The molecule has 9 heteroatoms. The molecule has 1 rings (SSSR count). The van der Waals surface area contributed by atoms with Gasteiger partial charge in [-0.3, -0.25) is 13.8 Å². The average molecular weight is 408 g/mol. The van der Waals surface area contributed by atoms with Crippen LogP contribution in [0.1, 0.15) is 31.1 Å². The van der Waals surface area contributed by atoms with Gasteiger partial charge in [0.05, 0.1) is 31.9 Å². The van der Waals surface area contributed by atoms with Crippen molar-refractivity contribution in [3.05, 3.63) is 28.8 Å². The Kier molecular flexibility index (Phi) is 8.32.